The van der Waals surface area contributed by atoms with E-state index in [-0.39, 0.29) is 0 Å². The van der Waals surface area contributed by atoms with Gasteiger partial charge in [0.05, 0.1) is 5.69 Å². The van der Waals surface area contributed by atoms with Crippen LogP contribution < -0.4 is 10.6 Å². The van der Waals surface area contributed by atoms with Gasteiger partial charge in [0.2, 0.25) is 0 Å². The van der Waals surface area contributed by atoms with Crippen LogP contribution in [0.4, 0.5) is 14.5 Å². The fourth-order valence-corrected chi connectivity index (χ4v) is 1.98. The van der Waals surface area contributed by atoms with E-state index < -0.39 is 5.76 Å². The summed E-state index contributed by atoms with van der Waals surface area (Å²) in [6.45, 7) is 2.78. The summed E-state index contributed by atoms with van der Waals surface area (Å²) in [5, 5.41) is 6.35. The molecule has 1 rings (SSSR count). The molecule has 0 amide bonds. The minimum atomic E-state index is -2.44. The second kappa shape index (κ2) is 7.45. The van der Waals surface area contributed by atoms with E-state index in [1.807, 2.05) is 6.92 Å². The van der Waals surface area contributed by atoms with Crippen LogP contribution in [-0.4, -0.2) is 17.4 Å². The maximum absolute atomic E-state index is 12.3. The molecule has 0 bridgehead atoms. The van der Waals surface area contributed by atoms with Crippen molar-refractivity contribution < 1.29 is 8.78 Å². The van der Waals surface area contributed by atoms with E-state index in [2.05, 4.69) is 10.6 Å². The number of nitrogens with one attached hydrogen (secondary N) is 2. The van der Waals surface area contributed by atoms with Gasteiger partial charge < -0.3 is 10.6 Å². The summed E-state index contributed by atoms with van der Waals surface area (Å²) in [6.07, 6.45) is 0.954. The summed E-state index contributed by atoms with van der Waals surface area (Å²) < 4.78 is 24.7. The smallest absolute Gasteiger partial charge is 0.288 e. The number of thioether (sulfide) groups is 1. The van der Waals surface area contributed by atoms with Crippen molar-refractivity contribution in [3.63, 3.8) is 0 Å². The first-order valence-electron chi connectivity index (χ1n) is 5.22. The largest absolute Gasteiger partial charge is 0.362 e. The van der Waals surface area contributed by atoms with Crippen LogP contribution in [0.1, 0.15) is 13.3 Å². The third-order valence-electron chi connectivity index (χ3n) is 1.89. The zero-order valence-electron chi connectivity index (χ0n) is 9.37. The van der Waals surface area contributed by atoms with E-state index in [1.165, 1.54) is 0 Å². The molecule has 1 aromatic carbocycles. The number of halogens is 2. The molecule has 2 nitrogen and oxygen atoms in total. The van der Waals surface area contributed by atoms with Gasteiger partial charge in [0.1, 0.15) is 0 Å². The molecule has 0 unspecified atom stereocenters. The molecular formula is C11H14F2N2S2. The lowest BCUT2D eigenvalue weighted by Crippen LogP contribution is -2.29. The molecule has 0 atom stereocenters. The number of alkyl halides is 2. The monoisotopic (exact) mass is 276 g/mol. The summed E-state index contributed by atoms with van der Waals surface area (Å²) >= 11 is 5.56. The van der Waals surface area contributed by atoms with Crippen LogP contribution in [0.25, 0.3) is 0 Å². The maximum atomic E-state index is 12.3. The molecule has 2 N–H and O–H groups in total. The highest BCUT2D eigenvalue weighted by atomic mass is 32.2. The quantitative estimate of drug-likeness (QED) is 0.632. The van der Waals surface area contributed by atoms with Gasteiger partial charge in [-0.25, -0.2) is 0 Å². The number of hydrogen-bond acceptors (Lipinski definition) is 2. The Bertz CT molecular complexity index is 372. The first-order valence-corrected chi connectivity index (χ1v) is 6.51. The molecule has 17 heavy (non-hydrogen) atoms. The van der Waals surface area contributed by atoms with Gasteiger partial charge in [-0.1, -0.05) is 30.8 Å². The third kappa shape index (κ3) is 5.32. The van der Waals surface area contributed by atoms with Crippen LogP contribution in [0.5, 0.6) is 0 Å². The van der Waals surface area contributed by atoms with Gasteiger partial charge in [0.15, 0.2) is 5.11 Å². The van der Waals surface area contributed by atoms with Crippen LogP contribution in [0.3, 0.4) is 0 Å². The Balaban J connectivity index is 2.66. The van der Waals surface area contributed by atoms with E-state index in [4.69, 9.17) is 12.2 Å². The second-order valence-corrected chi connectivity index (χ2v) is 4.70. The van der Waals surface area contributed by atoms with Crippen molar-refractivity contribution >= 4 is 34.8 Å². The minimum Gasteiger partial charge on any atom is -0.362 e. The first-order chi connectivity index (χ1) is 8.13. The van der Waals surface area contributed by atoms with Crippen LogP contribution in [-0.2, 0) is 0 Å². The van der Waals surface area contributed by atoms with Gasteiger partial charge in [0.25, 0.3) is 5.76 Å². The molecule has 0 aliphatic heterocycles. The summed E-state index contributed by atoms with van der Waals surface area (Å²) in [5.74, 6) is -2.44. The molecular weight excluding hydrogens is 262 g/mol. The minimum absolute atomic E-state index is 0.453. The molecule has 0 spiro atoms. The Kier molecular flexibility index (Phi) is 6.21. The van der Waals surface area contributed by atoms with Crippen LogP contribution in [0.15, 0.2) is 29.2 Å². The van der Waals surface area contributed by atoms with Crippen molar-refractivity contribution in [2.75, 3.05) is 11.9 Å². The summed E-state index contributed by atoms with van der Waals surface area (Å²) in [4.78, 5) is 0.489. The van der Waals surface area contributed by atoms with Gasteiger partial charge in [-0.05, 0) is 30.8 Å². The topological polar surface area (TPSA) is 24.1 Å². The molecule has 0 heterocycles. The maximum Gasteiger partial charge on any atom is 0.288 e. The van der Waals surface area contributed by atoms with Crippen molar-refractivity contribution in [1.82, 2.24) is 5.32 Å². The molecule has 0 saturated heterocycles. The Morgan fingerprint density at radius 3 is 2.76 bits per heavy atom. The molecule has 0 radical (unpaired) electrons. The number of anilines is 1. The molecule has 0 saturated carbocycles. The van der Waals surface area contributed by atoms with Crippen LogP contribution in [0, 0.1) is 0 Å². The predicted molar refractivity (Wildman–Crippen MR) is 72.8 cm³/mol. The second-order valence-electron chi connectivity index (χ2n) is 3.26. The Morgan fingerprint density at radius 1 is 1.41 bits per heavy atom. The summed E-state index contributed by atoms with van der Waals surface area (Å²) in [5.41, 5.74) is 0.603. The van der Waals surface area contributed by atoms with Crippen molar-refractivity contribution in [2.45, 2.75) is 24.0 Å². The standard InChI is InChI=1S/C11H14F2N2S2/c1-2-7-14-11(16)15-8-5-3-4-6-9(8)17-10(12)13/h3-6,10H,2,7H2,1H3,(H2,14,15,16). The lowest BCUT2D eigenvalue weighted by atomic mass is 10.3. The molecule has 6 heteroatoms. The fraction of sp³-hybridized carbons (Fsp3) is 0.364. The van der Waals surface area contributed by atoms with Gasteiger partial charge in [-0.15, -0.1) is 0 Å². The van der Waals surface area contributed by atoms with Crippen molar-refractivity contribution in [3.8, 4) is 0 Å². The zero-order valence-corrected chi connectivity index (χ0v) is 11.0. The highest BCUT2D eigenvalue weighted by Crippen LogP contribution is 2.31. The van der Waals surface area contributed by atoms with Gasteiger partial charge in [-0.2, -0.15) is 8.78 Å². The van der Waals surface area contributed by atoms with E-state index in [9.17, 15) is 8.78 Å². The van der Waals surface area contributed by atoms with Crippen molar-refractivity contribution in [3.05, 3.63) is 24.3 Å². The van der Waals surface area contributed by atoms with Crippen molar-refractivity contribution in [1.29, 1.82) is 0 Å². The van der Waals surface area contributed by atoms with Crippen molar-refractivity contribution in [2.24, 2.45) is 0 Å². The Labute approximate surface area is 109 Å². The van der Waals surface area contributed by atoms with E-state index in [0.717, 1.165) is 13.0 Å². The lowest BCUT2D eigenvalue weighted by Gasteiger charge is -2.13. The molecule has 0 fully saturated rings. The molecule has 1 aromatic rings. The lowest BCUT2D eigenvalue weighted by molar-refractivity contribution is 0.252. The molecule has 0 aromatic heterocycles. The average Bonchev–Trinajstić information content (AvgIpc) is 2.28. The number of benzene rings is 1. The van der Waals surface area contributed by atoms with Crippen LogP contribution in [0.2, 0.25) is 0 Å². The van der Waals surface area contributed by atoms with Gasteiger partial charge in [-0.3, -0.25) is 0 Å². The molecule has 0 aliphatic rings. The number of rotatable bonds is 5. The SMILES string of the molecule is CCCNC(=S)Nc1ccccc1SC(F)F. The highest BCUT2D eigenvalue weighted by Gasteiger charge is 2.09. The number of hydrogen-bond donors (Lipinski definition) is 2. The number of para-hydroxylation sites is 1. The number of thiocarbonyl (C=S) groups is 1. The van der Waals surface area contributed by atoms with Crippen LogP contribution >= 0.6 is 24.0 Å². The van der Waals surface area contributed by atoms with Gasteiger partial charge in [0, 0.05) is 11.4 Å². The zero-order chi connectivity index (χ0) is 12.7. The third-order valence-corrected chi connectivity index (χ3v) is 2.92. The Morgan fingerprint density at radius 2 is 2.12 bits per heavy atom. The van der Waals surface area contributed by atoms with E-state index in [1.54, 1.807) is 24.3 Å². The molecule has 0 aliphatic carbocycles. The van der Waals surface area contributed by atoms with E-state index >= 15 is 0 Å². The fourth-order valence-electron chi connectivity index (χ4n) is 1.17. The van der Waals surface area contributed by atoms with Gasteiger partial charge >= 0.3 is 0 Å². The predicted octanol–water partition coefficient (Wildman–Crippen LogP) is 3.70. The average molecular weight is 276 g/mol. The summed E-state index contributed by atoms with van der Waals surface area (Å²) in [6, 6.07) is 6.87. The molecule has 94 valence electrons. The van der Waals surface area contributed by atoms with E-state index in [0.29, 0.717) is 27.5 Å². The summed E-state index contributed by atoms with van der Waals surface area (Å²) in [7, 11) is 0. The first kappa shape index (κ1) is 14.2. The highest BCUT2D eigenvalue weighted by molar-refractivity contribution is 7.99. The normalized spacial score (nSPS) is 10.4. The Hall–Kier alpha value is -0.880.